The summed E-state index contributed by atoms with van der Waals surface area (Å²) in [5, 5.41) is 0.936. The van der Waals surface area contributed by atoms with Gasteiger partial charge in [0.1, 0.15) is 5.75 Å². The highest BCUT2D eigenvalue weighted by Crippen LogP contribution is 2.34. The Hall–Kier alpha value is -0.650. The molecule has 0 atom stereocenters. The standard InChI is InChI=1S/C13H7Br2ClF2O/c14-6-8-9(16)2-1-3-11(8)19-12-5-7(15)4-10(17)13(12)18/h1-5H,6H2. The highest BCUT2D eigenvalue weighted by atomic mass is 79.9. The molecule has 0 radical (unpaired) electrons. The minimum atomic E-state index is -1.04. The Bertz CT molecular complexity index is 620. The zero-order valence-corrected chi connectivity index (χ0v) is 13.3. The SMILES string of the molecule is Fc1cc(Br)cc(Oc2cccc(Cl)c2CBr)c1F. The van der Waals surface area contributed by atoms with E-state index in [0.717, 1.165) is 6.07 Å². The molecule has 1 nitrogen and oxygen atoms in total. The Kier molecular flexibility index (Phi) is 4.81. The molecule has 0 N–H and O–H groups in total. The molecule has 2 rings (SSSR count). The van der Waals surface area contributed by atoms with Crippen LogP contribution < -0.4 is 4.74 Å². The van der Waals surface area contributed by atoms with Crippen LogP contribution in [0.2, 0.25) is 5.02 Å². The first-order valence-electron chi connectivity index (χ1n) is 5.18. The second-order valence-corrected chi connectivity index (χ2v) is 5.54. The summed E-state index contributed by atoms with van der Waals surface area (Å²) in [7, 11) is 0. The summed E-state index contributed by atoms with van der Waals surface area (Å²) in [6, 6.07) is 7.41. The van der Waals surface area contributed by atoms with Gasteiger partial charge in [-0.05, 0) is 24.3 Å². The van der Waals surface area contributed by atoms with Crippen LogP contribution in [-0.2, 0) is 5.33 Å². The fourth-order valence-corrected chi connectivity index (χ4v) is 2.87. The van der Waals surface area contributed by atoms with Gasteiger partial charge in [0.15, 0.2) is 11.6 Å². The van der Waals surface area contributed by atoms with Crippen LogP contribution in [0.1, 0.15) is 5.56 Å². The molecule has 0 heterocycles. The smallest absolute Gasteiger partial charge is 0.201 e. The predicted octanol–water partition coefficient (Wildman–Crippen LogP) is 6.07. The van der Waals surface area contributed by atoms with Gasteiger partial charge in [0.2, 0.25) is 5.82 Å². The maximum Gasteiger partial charge on any atom is 0.201 e. The maximum atomic E-state index is 13.6. The second-order valence-electron chi connectivity index (χ2n) is 3.65. The van der Waals surface area contributed by atoms with Crippen LogP contribution in [0, 0.1) is 11.6 Å². The largest absolute Gasteiger partial charge is 0.454 e. The van der Waals surface area contributed by atoms with E-state index in [2.05, 4.69) is 31.9 Å². The van der Waals surface area contributed by atoms with E-state index < -0.39 is 11.6 Å². The molecule has 0 aromatic heterocycles. The Morgan fingerprint density at radius 2 is 1.89 bits per heavy atom. The average molecular weight is 412 g/mol. The van der Waals surface area contributed by atoms with E-state index in [1.54, 1.807) is 18.2 Å². The molecule has 0 amide bonds. The highest BCUT2D eigenvalue weighted by Gasteiger charge is 2.14. The number of ether oxygens (including phenoxy) is 1. The fraction of sp³-hybridized carbons (Fsp3) is 0.0769. The normalized spacial score (nSPS) is 10.6. The minimum absolute atomic E-state index is 0.198. The van der Waals surface area contributed by atoms with Crippen molar-refractivity contribution in [3.63, 3.8) is 0 Å². The Morgan fingerprint density at radius 1 is 1.16 bits per heavy atom. The van der Waals surface area contributed by atoms with Crippen LogP contribution in [0.25, 0.3) is 0 Å². The molecule has 0 aliphatic heterocycles. The molecule has 0 saturated carbocycles. The van der Waals surface area contributed by atoms with Crippen molar-refractivity contribution in [1.29, 1.82) is 0 Å². The van der Waals surface area contributed by atoms with Gasteiger partial charge in [-0.1, -0.05) is 49.5 Å². The molecular weight excluding hydrogens is 405 g/mol. The Balaban J connectivity index is 2.45. The van der Waals surface area contributed by atoms with E-state index in [4.69, 9.17) is 16.3 Å². The Labute approximate surface area is 130 Å². The van der Waals surface area contributed by atoms with Gasteiger partial charge in [-0.2, -0.15) is 4.39 Å². The van der Waals surface area contributed by atoms with Gasteiger partial charge in [0.25, 0.3) is 0 Å². The van der Waals surface area contributed by atoms with Crippen molar-refractivity contribution in [3.05, 3.63) is 57.0 Å². The molecule has 0 spiro atoms. The topological polar surface area (TPSA) is 9.23 Å². The van der Waals surface area contributed by atoms with E-state index in [1.165, 1.54) is 6.07 Å². The van der Waals surface area contributed by atoms with Crippen molar-refractivity contribution in [2.45, 2.75) is 5.33 Å². The lowest BCUT2D eigenvalue weighted by molar-refractivity contribution is 0.413. The summed E-state index contributed by atoms with van der Waals surface area (Å²) in [5.74, 6) is -1.84. The first-order chi connectivity index (χ1) is 9.02. The van der Waals surface area contributed by atoms with Gasteiger partial charge in [-0.25, -0.2) is 4.39 Å². The number of hydrogen-bond acceptors (Lipinski definition) is 1. The second kappa shape index (κ2) is 6.20. The lowest BCUT2D eigenvalue weighted by Gasteiger charge is -2.12. The molecule has 0 saturated heterocycles. The van der Waals surface area contributed by atoms with Gasteiger partial charge in [0, 0.05) is 20.4 Å². The van der Waals surface area contributed by atoms with Crippen molar-refractivity contribution in [1.82, 2.24) is 0 Å². The lowest BCUT2D eigenvalue weighted by Crippen LogP contribution is -1.95. The molecule has 0 aliphatic carbocycles. The van der Waals surface area contributed by atoms with Gasteiger partial charge in [-0.3, -0.25) is 0 Å². The zero-order chi connectivity index (χ0) is 14.0. The molecular formula is C13H7Br2ClF2O. The average Bonchev–Trinajstić information content (AvgIpc) is 2.35. The van der Waals surface area contributed by atoms with Crippen LogP contribution in [0.4, 0.5) is 8.78 Å². The Morgan fingerprint density at radius 3 is 2.58 bits per heavy atom. The maximum absolute atomic E-state index is 13.6. The van der Waals surface area contributed by atoms with Gasteiger partial charge >= 0.3 is 0 Å². The van der Waals surface area contributed by atoms with Crippen molar-refractivity contribution < 1.29 is 13.5 Å². The summed E-state index contributed by atoms with van der Waals surface area (Å²) >= 11 is 12.4. The quantitative estimate of drug-likeness (QED) is 0.439. The summed E-state index contributed by atoms with van der Waals surface area (Å²) in [6.45, 7) is 0. The highest BCUT2D eigenvalue weighted by molar-refractivity contribution is 9.10. The van der Waals surface area contributed by atoms with E-state index in [1.807, 2.05) is 0 Å². The van der Waals surface area contributed by atoms with Crippen LogP contribution >= 0.6 is 43.5 Å². The monoisotopic (exact) mass is 410 g/mol. The van der Waals surface area contributed by atoms with Crippen LogP contribution in [0.5, 0.6) is 11.5 Å². The summed E-state index contributed by atoms with van der Waals surface area (Å²) in [5.41, 5.74) is 0.670. The zero-order valence-electron chi connectivity index (χ0n) is 9.39. The fourth-order valence-electron chi connectivity index (χ4n) is 1.49. The molecule has 0 aliphatic rings. The number of rotatable bonds is 3. The molecule has 0 fully saturated rings. The molecule has 6 heteroatoms. The third-order valence-electron chi connectivity index (χ3n) is 2.39. The number of hydrogen-bond donors (Lipinski definition) is 0. The van der Waals surface area contributed by atoms with Crippen molar-refractivity contribution in [3.8, 4) is 11.5 Å². The molecule has 100 valence electrons. The molecule has 2 aromatic carbocycles. The molecule has 0 bridgehead atoms. The van der Waals surface area contributed by atoms with E-state index in [0.29, 0.717) is 26.1 Å². The third kappa shape index (κ3) is 3.27. The summed E-state index contributed by atoms with van der Waals surface area (Å²) < 4.78 is 32.7. The van der Waals surface area contributed by atoms with E-state index in [-0.39, 0.29) is 5.75 Å². The third-order valence-corrected chi connectivity index (χ3v) is 3.76. The van der Waals surface area contributed by atoms with Crippen LogP contribution in [0.3, 0.4) is 0 Å². The van der Waals surface area contributed by atoms with Crippen molar-refractivity contribution >= 4 is 43.5 Å². The van der Waals surface area contributed by atoms with Gasteiger partial charge in [-0.15, -0.1) is 0 Å². The molecule has 2 aromatic rings. The molecule has 0 unspecified atom stereocenters. The number of benzene rings is 2. The molecule has 19 heavy (non-hydrogen) atoms. The number of alkyl halides is 1. The number of halogens is 5. The first kappa shape index (κ1) is 14.8. The van der Waals surface area contributed by atoms with E-state index in [9.17, 15) is 8.78 Å². The lowest BCUT2D eigenvalue weighted by atomic mass is 10.2. The summed E-state index contributed by atoms with van der Waals surface area (Å²) in [4.78, 5) is 0. The van der Waals surface area contributed by atoms with Crippen molar-refractivity contribution in [2.75, 3.05) is 0 Å². The summed E-state index contributed by atoms with van der Waals surface area (Å²) in [6.07, 6.45) is 0. The van der Waals surface area contributed by atoms with Crippen LogP contribution in [0.15, 0.2) is 34.8 Å². The van der Waals surface area contributed by atoms with E-state index >= 15 is 0 Å². The predicted molar refractivity (Wildman–Crippen MR) is 78.2 cm³/mol. The van der Waals surface area contributed by atoms with Crippen molar-refractivity contribution in [2.24, 2.45) is 0 Å². The minimum Gasteiger partial charge on any atom is -0.454 e. The van der Waals surface area contributed by atoms with Gasteiger partial charge in [0.05, 0.1) is 0 Å². The first-order valence-corrected chi connectivity index (χ1v) is 7.48. The van der Waals surface area contributed by atoms with Crippen LogP contribution in [-0.4, -0.2) is 0 Å². The van der Waals surface area contributed by atoms with Gasteiger partial charge < -0.3 is 4.74 Å².